The number of Topliss-reactive ketones (excluding diaryl/α,β-unsaturated/α-hetero) is 1. The van der Waals surface area contributed by atoms with E-state index < -0.39 is 5.82 Å². The van der Waals surface area contributed by atoms with Crippen molar-refractivity contribution >= 4 is 29.0 Å². The summed E-state index contributed by atoms with van der Waals surface area (Å²) in [4.78, 5) is 12.3. The number of halogens is 3. The first-order valence-electron chi connectivity index (χ1n) is 6.70. The molecule has 0 bridgehead atoms. The molecule has 21 heavy (non-hydrogen) atoms. The minimum atomic E-state index is -0.605. The lowest BCUT2D eigenvalue weighted by Crippen LogP contribution is -2.10. The summed E-state index contributed by atoms with van der Waals surface area (Å²) in [6, 6.07) is 4.03. The van der Waals surface area contributed by atoms with E-state index in [1.807, 2.05) is 13.8 Å². The summed E-state index contributed by atoms with van der Waals surface area (Å²) in [6.07, 6.45) is 0.781. The van der Waals surface area contributed by atoms with Crippen molar-refractivity contribution in [3.63, 3.8) is 0 Å². The van der Waals surface area contributed by atoms with E-state index in [2.05, 4.69) is 5.10 Å². The maximum Gasteiger partial charge on any atom is 0.168 e. The van der Waals surface area contributed by atoms with Gasteiger partial charge in [0.05, 0.1) is 27.9 Å². The van der Waals surface area contributed by atoms with Crippen molar-refractivity contribution < 1.29 is 9.18 Å². The maximum absolute atomic E-state index is 13.4. The van der Waals surface area contributed by atoms with Crippen LogP contribution in [0.2, 0.25) is 10.0 Å². The molecule has 0 atom stereocenters. The van der Waals surface area contributed by atoms with Gasteiger partial charge >= 0.3 is 0 Å². The summed E-state index contributed by atoms with van der Waals surface area (Å²) in [5.74, 6) is -0.823. The van der Waals surface area contributed by atoms with Crippen LogP contribution in [0.1, 0.15) is 35.6 Å². The van der Waals surface area contributed by atoms with Crippen LogP contribution < -0.4 is 0 Å². The number of carbonyl (C=O) groups excluding carboxylic acids is 1. The molecule has 0 saturated heterocycles. The molecule has 1 aromatic heterocycles. The molecular formula is C15H15Cl2FN2O. The largest absolute Gasteiger partial charge is 0.294 e. The van der Waals surface area contributed by atoms with Crippen molar-refractivity contribution in [3.8, 4) is 0 Å². The Morgan fingerprint density at radius 1 is 1.33 bits per heavy atom. The topological polar surface area (TPSA) is 34.9 Å². The van der Waals surface area contributed by atoms with Crippen molar-refractivity contribution in [3.05, 3.63) is 51.0 Å². The zero-order chi connectivity index (χ0) is 15.6. The van der Waals surface area contributed by atoms with Gasteiger partial charge < -0.3 is 0 Å². The third-order valence-electron chi connectivity index (χ3n) is 3.26. The molecule has 0 spiro atoms. The third-order valence-corrected chi connectivity index (χ3v) is 4.01. The van der Waals surface area contributed by atoms with E-state index in [0.717, 1.165) is 11.8 Å². The van der Waals surface area contributed by atoms with Crippen LogP contribution in [-0.2, 0) is 19.4 Å². The molecule has 0 saturated carbocycles. The van der Waals surface area contributed by atoms with Gasteiger partial charge in [0.1, 0.15) is 5.82 Å². The Kier molecular flexibility index (Phi) is 5.01. The zero-order valence-corrected chi connectivity index (χ0v) is 13.3. The molecule has 3 nitrogen and oxygen atoms in total. The van der Waals surface area contributed by atoms with Crippen LogP contribution in [0.5, 0.6) is 0 Å². The third kappa shape index (κ3) is 3.27. The van der Waals surface area contributed by atoms with Crippen molar-refractivity contribution in [1.82, 2.24) is 9.78 Å². The predicted octanol–water partition coefficient (Wildman–Crippen LogP) is 4.34. The van der Waals surface area contributed by atoms with Gasteiger partial charge in [-0.2, -0.15) is 5.10 Å². The standard InChI is InChI=1S/C15H15Cl2FN2O/c1-3-12-15(17)13(20(4-2)19-12)8-14(21)9-5-6-10(16)11(18)7-9/h5-7H,3-4,8H2,1-2H3. The van der Waals surface area contributed by atoms with E-state index in [4.69, 9.17) is 23.2 Å². The molecule has 6 heteroatoms. The quantitative estimate of drug-likeness (QED) is 0.765. The van der Waals surface area contributed by atoms with Gasteiger partial charge in [-0.3, -0.25) is 9.48 Å². The Balaban J connectivity index is 2.31. The van der Waals surface area contributed by atoms with Gasteiger partial charge in [0.25, 0.3) is 0 Å². The fourth-order valence-corrected chi connectivity index (χ4v) is 2.56. The van der Waals surface area contributed by atoms with Crippen LogP contribution in [0.4, 0.5) is 4.39 Å². The summed E-state index contributed by atoms with van der Waals surface area (Å²) in [5, 5.41) is 4.88. The lowest BCUT2D eigenvalue weighted by atomic mass is 10.1. The highest BCUT2D eigenvalue weighted by Gasteiger charge is 2.18. The number of rotatable bonds is 5. The fourth-order valence-electron chi connectivity index (χ4n) is 2.11. The molecule has 112 valence electrons. The van der Waals surface area contributed by atoms with Gasteiger partial charge in [0, 0.05) is 12.1 Å². The van der Waals surface area contributed by atoms with Gasteiger partial charge in [-0.1, -0.05) is 30.1 Å². The fraction of sp³-hybridized carbons (Fsp3) is 0.333. The first kappa shape index (κ1) is 16.0. The second-order valence-electron chi connectivity index (χ2n) is 4.61. The monoisotopic (exact) mass is 328 g/mol. The van der Waals surface area contributed by atoms with Gasteiger partial charge in [-0.25, -0.2) is 4.39 Å². The average Bonchev–Trinajstić information content (AvgIpc) is 2.78. The number of aromatic nitrogens is 2. The van der Waals surface area contributed by atoms with Crippen LogP contribution >= 0.6 is 23.2 Å². The average molecular weight is 329 g/mol. The van der Waals surface area contributed by atoms with E-state index in [1.165, 1.54) is 12.1 Å². The van der Waals surface area contributed by atoms with E-state index >= 15 is 0 Å². The van der Waals surface area contributed by atoms with E-state index in [-0.39, 0.29) is 22.8 Å². The van der Waals surface area contributed by atoms with Crippen LogP contribution in [0.3, 0.4) is 0 Å². The van der Waals surface area contributed by atoms with Crippen molar-refractivity contribution in [2.75, 3.05) is 0 Å². The molecule has 0 amide bonds. The normalized spacial score (nSPS) is 10.9. The minimum absolute atomic E-state index is 0.00329. The van der Waals surface area contributed by atoms with Crippen LogP contribution in [-0.4, -0.2) is 15.6 Å². The second-order valence-corrected chi connectivity index (χ2v) is 5.39. The summed E-state index contributed by atoms with van der Waals surface area (Å²) >= 11 is 11.9. The lowest BCUT2D eigenvalue weighted by molar-refractivity contribution is 0.0990. The number of carbonyl (C=O) groups is 1. The lowest BCUT2D eigenvalue weighted by Gasteiger charge is -2.05. The summed E-state index contributed by atoms with van der Waals surface area (Å²) < 4.78 is 15.1. The summed E-state index contributed by atoms with van der Waals surface area (Å²) in [6.45, 7) is 4.50. The molecule has 0 radical (unpaired) electrons. The molecule has 0 aliphatic rings. The van der Waals surface area contributed by atoms with E-state index in [9.17, 15) is 9.18 Å². The number of benzene rings is 1. The van der Waals surface area contributed by atoms with Gasteiger partial charge in [-0.15, -0.1) is 0 Å². The van der Waals surface area contributed by atoms with Gasteiger partial charge in [0.15, 0.2) is 5.78 Å². The highest BCUT2D eigenvalue weighted by atomic mass is 35.5. The summed E-state index contributed by atoms with van der Waals surface area (Å²) in [5.41, 5.74) is 1.70. The number of hydrogen-bond donors (Lipinski definition) is 0. The maximum atomic E-state index is 13.4. The first-order chi connectivity index (χ1) is 9.97. The number of nitrogens with zero attached hydrogens (tertiary/aromatic N) is 2. The first-order valence-corrected chi connectivity index (χ1v) is 7.45. The molecule has 0 fully saturated rings. The molecule has 0 unspecified atom stereocenters. The second kappa shape index (κ2) is 6.58. The van der Waals surface area contributed by atoms with Crippen LogP contribution in [0, 0.1) is 5.82 Å². The van der Waals surface area contributed by atoms with Gasteiger partial charge in [0.2, 0.25) is 0 Å². The molecule has 2 aromatic rings. The molecule has 1 aromatic carbocycles. The number of hydrogen-bond acceptors (Lipinski definition) is 2. The van der Waals surface area contributed by atoms with Gasteiger partial charge in [-0.05, 0) is 31.5 Å². The highest BCUT2D eigenvalue weighted by molar-refractivity contribution is 6.32. The smallest absolute Gasteiger partial charge is 0.168 e. The Hall–Kier alpha value is -1.39. The number of aryl methyl sites for hydroxylation is 2. The Bertz CT molecular complexity index is 683. The van der Waals surface area contributed by atoms with Crippen LogP contribution in [0.25, 0.3) is 0 Å². The summed E-state index contributed by atoms with van der Waals surface area (Å²) in [7, 11) is 0. The Morgan fingerprint density at radius 2 is 2.05 bits per heavy atom. The van der Waals surface area contributed by atoms with Crippen molar-refractivity contribution in [2.45, 2.75) is 33.2 Å². The molecule has 2 rings (SSSR count). The van der Waals surface area contributed by atoms with E-state index in [1.54, 1.807) is 4.68 Å². The highest BCUT2D eigenvalue weighted by Crippen LogP contribution is 2.24. The van der Waals surface area contributed by atoms with Crippen LogP contribution in [0.15, 0.2) is 18.2 Å². The molecule has 0 aliphatic heterocycles. The molecule has 0 N–H and O–H groups in total. The SMILES string of the molecule is CCc1nn(CC)c(CC(=O)c2ccc(Cl)c(F)c2)c1Cl. The molecular weight excluding hydrogens is 314 g/mol. The Morgan fingerprint density at radius 3 is 2.62 bits per heavy atom. The molecule has 1 heterocycles. The minimum Gasteiger partial charge on any atom is -0.294 e. The van der Waals surface area contributed by atoms with E-state index in [0.29, 0.717) is 23.7 Å². The predicted molar refractivity (Wildman–Crippen MR) is 81.7 cm³/mol. The zero-order valence-electron chi connectivity index (χ0n) is 11.8. The number of ketones is 1. The van der Waals surface area contributed by atoms with Crippen molar-refractivity contribution in [1.29, 1.82) is 0 Å². The Labute approximate surface area is 132 Å². The molecule has 0 aliphatic carbocycles. The van der Waals surface area contributed by atoms with Crippen molar-refractivity contribution in [2.24, 2.45) is 0 Å².